The van der Waals surface area contributed by atoms with Gasteiger partial charge in [0.2, 0.25) is 0 Å². The van der Waals surface area contributed by atoms with Crippen molar-refractivity contribution < 1.29 is 22.7 Å². The monoisotopic (exact) mass is 263 g/mol. The van der Waals surface area contributed by atoms with Gasteiger partial charge in [0, 0.05) is 0 Å². The molecule has 0 aliphatic heterocycles. The lowest BCUT2D eigenvalue weighted by Gasteiger charge is -2.12. The van der Waals surface area contributed by atoms with E-state index in [0.29, 0.717) is 11.4 Å². The van der Waals surface area contributed by atoms with Crippen molar-refractivity contribution in [2.75, 3.05) is 19.0 Å². The first-order valence-electron chi connectivity index (χ1n) is 4.92. The number of amides is 2. The number of benzene rings is 1. The van der Waals surface area contributed by atoms with Crippen LogP contribution in [0.1, 0.15) is 0 Å². The van der Waals surface area contributed by atoms with Crippen LogP contribution in [0.25, 0.3) is 0 Å². The van der Waals surface area contributed by atoms with Crippen molar-refractivity contribution in [2.24, 2.45) is 0 Å². The molecule has 0 saturated heterocycles. The first-order valence-corrected chi connectivity index (χ1v) is 4.92. The average Bonchev–Trinajstić information content (AvgIpc) is 2.28. The van der Waals surface area contributed by atoms with Gasteiger partial charge in [-0.2, -0.15) is 13.2 Å². The van der Waals surface area contributed by atoms with Gasteiger partial charge in [-0.05, 0) is 12.1 Å². The Balaban J connectivity index is 2.45. The van der Waals surface area contributed by atoms with E-state index in [-0.39, 0.29) is 0 Å². The molecular weight excluding hydrogens is 251 g/mol. The quantitative estimate of drug-likeness (QED) is 0.727. The van der Waals surface area contributed by atoms with Crippen LogP contribution in [0.3, 0.4) is 0 Å². The Hall–Kier alpha value is -1.96. The van der Waals surface area contributed by atoms with Gasteiger partial charge >= 0.3 is 12.2 Å². The Kier molecular flexibility index (Phi) is 4.78. The second-order valence-electron chi connectivity index (χ2n) is 3.25. The Morgan fingerprint density at radius 3 is 2.61 bits per heavy atom. The standard InChI is InChI=1S/C10H12F3N3O2/c1-18-8-5-3-2-4-7(8)15-9(17)16-14-6-10(11,12)13/h2-5,14H,6H2,1H3,(H2,15,16,17). The van der Waals surface area contributed by atoms with Crippen LogP contribution in [-0.2, 0) is 0 Å². The highest BCUT2D eigenvalue weighted by Crippen LogP contribution is 2.22. The lowest BCUT2D eigenvalue weighted by atomic mass is 10.3. The zero-order valence-corrected chi connectivity index (χ0v) is 9.47. The van der Waals surface area contributed by atoms with E-state index in [4.69, 9.17) is 4.74 Å². The Morgan fingerprint density at radius 1 is 1.33 bits per heavy atom. The summed E-state index contributed by atoms with van der Waals surface area (Å²) in [6.07, 6.45) is -4.39. The highest BCUT2D eigenvalue weighted by Gasteiger charge is 2.26. The van der Waals surface area contributed by atoms with Gasteiger partial charge in [0.05, 0.1) is 12.8 Å². The predicted molar refractivity (Wildman–Crippen MR) is 59.2 cm³/mol. The number of urea groups is 1. The van der Waals surface area contributed by atoms with Gasteiger partial charge < -0.3 is 10.1 Å². The molecule has 0 spiro atoms. The molecule has 0 fully saturated rings. The number of alkyl halides is 3. The molecule has 0 heterocycles. The van der Waals surface area contributed by atoms with Crippen molar-refractivity contribution in [3.05, 3.63) is 24.3 Å². The first kappa shape index (κ1) is 14.1. The van der Waals surface area contributed by atoms with Gasteiger partial charge in [-0.3, -0.25) is 5.43 Å². The second kappa shape index (κ2) is 6.10. The number of halogens is 3. The SMILES string of the molecule is COc1ccccc1NC(=O)NNCC(F)(F)F. The topological polar surface area (TPSA) is 62.4 Å². The van der Waals surface area contributed by atoms with Crippen molar-refractivity contribution in [3.8, 4) is 5.75 Å². The molecule has 0 atom stereocenters. The van der Waals surface area contributed by atoms with Gasteiger partial charge in [0.1, 0.15) is 12.3 Å². The van der Waals surface area contributed by atoms with Crippen LogP contribution in [0.15, 0.2) is 24.3 Å². The summed E-state index contributed by atoms with van der Waals surface area (Å²) in [7, 11) is 1.42. The lowest BCUT2D eigenvalue weighted by molar-refractivity contribution is -0.125. The average molecular weight is 263 g/mol. The van der Waals surface area contributed by atoms with Crippen LogP contribution in [0.4, 0.5) is 23.7 Å². The zero-order valence-electron chi connectivity index (χ0n) is 9.47. The number of hydrogen-bond donors (Lipinski definition) is 3. The Labute approximate surface area is 101 Å². The molecule has 3 N–H and O–H groups in total. The van der Waals surface area contributed by atoms with Crippen LogP contribution in [0, 0.1) is 0 Å². The molecule has 0 unspecified atom stereocenters. The van der Waals surface area contributed by atoms with E-state index in [1.165, 1.54) is 7.11 Å². The van der Waals surface area contributed by atoms with Gasteiger partial charge in [0.15, 0.2) is 0 Å². The number of hydrogen-bond acceptors (Lipinski definition) is 3. The number of ether oxygens (including phenoxy) is 1. The van der Waals surface area contributed by atoms with Gasteiger partial charge in [-0.25, -0.2) is 10.2 Å². The summed E-state index contributed by atoms with van der Waals surface area (Å²) in [5.41, 5.74) is 3.97. The normalized spacial score (nSPS) is 10.9. The van der Waals surface area contributed by atoms with E-state index in [1.807, 2.05) is 5.43 Å². The summed E-state index contributed by atoms with van der Waals surface area (Å²) >= 11 is 0. The highest BCUT2D eigenvalue weighted by atomic mass is 19.4. The molecule has 0 radical (unpaired) electrons. The molecule has 1 aromatic carbocycles. The molecule has 8 heteroatoms. The third-order valence-corrected chi connectivity index (χ3v) is 1.85. The minimum absolute atomic E-state index is 0.353. The third kappa shape index (κ3) is 4.91. The number of nitrogens with one attached hydrogen (secondary N) is 3. The van der Waals surface area contributed by atoms with E-state index < -0.39 is 18.8 Å². The number of carbonyl (C=O) groups excluding carboxylic acids is 1. The van der Waals surface area contributed by atoms with Crippen LogP contribution >= 0.6 is 0 Å². The minimum Gasteiger partial charge on any atom is -0.495 e. The van der Waals surface area contributed by atoms with Crippen LogP contribution in [0.5, 0.6) is 5.75 Å². The molecule has 0 aromatic heterocycles. The molecule has 2 amide bonds. The fourth-order valence-corrected chi connectivity index (χ4v) is 1.13. The summed E-state index contributed by atoms with van der Waals surface area (Å²) in [4.78, 5) is 11.3. The first-order chi connectivity index (χ1) is 8.42. The second-order valence-corrected chi connectivity index (χ2v) is 3.25. The smallest absolute Gasteiger partial charge is 0.402 e. The number of para-hydroxylation sites is 2. The lowest BCUT2D eigenvalue weighted by Crippen LogP contribution is -2.44. The van der Waals surface area contributed by atoms with Gasteiger partial charge in [-0.1, -0.05) is 12.1 Å². The minimum atomic E-state index is -4.39. The summed E-state index contributed by atoms with van der Waals surface area (Å²) in [5, 5.41) is 2.34. The molecule has 0 bridgehead atoms. The van der Waals surface area contributed by atoms with Crippen molar-refractivity contribution in [1.82, 2.24) is 10.9 Å². The Bertz CT molecular complexity index is 410. The van der Waals surface area contributed by atoms with E-state index >= 15 is 0 Å². The van der Waals surface area contributed by atoms with Crippen molar-refractivity contribution in [2.45, 2.75) is 6.18 Å². The molecule has 0 saturated carbocycles. The number of carbonyl (C=O) groups is 1. The summed E-state index contributed by atoms with van der Waals surface area (Å²) < 4.78 is 40.4. The van der Waals surface area contributed by atoms with Crippen molar-refractivity contribution in [1.29, 1.82) is 0 Å². The zero-order chi connectivity index (χ0) is 13.6. The summed E-state index contributed by atoms with van der Waals surface area (Å²) in [5.74, 6) is 0.406. The molecule has 100 valence electrons. The summed E-state index contributed by atoms with van der Waals surface area (Å²) in [6, 6.07) is 5.70. The van der Waals surface area contributed by atoms with Crippen LogP contribution < -0.4 is 20.9 Å². The number of methoxy groups -OCH3 is 1. The fraction of sp³-hybridized carbons (Fsp3) is 0.300. The maximum Gasteiger partial charge on any atom is 0.402 e. The predicted octanol–water partition coefficient (Wildman–Crippen LogP) is 1.88. The number of rotatable bonds is 4. The van der Waals surface area contributed by atoms with Crippen LogP contribution in [-0.4, -0.2) is 25.9 Å². The highest BCUT2D eigenvalue weighted by molar-refractivity contribution is 5.90. The molecule has 18 heavy (non-hydrogen) atoms. The number of anilines is 1. The molecule has 1 aromatic rings. The van der Waals surface area contributed by atoms with E-state index in [0.717, 1.165) is 0 Å². The number of hydrazine groups is 1. The van der Waals surface area contributed by atoms with Gasteiger partial charge in [-0.15, -0.1) is 0 Å². The van der Waals surface area contributed by atoms with E-state index in [9.17, 15) is 18.0 Å². The van der Waals surface area contributed by atoms with Gasteiger partial charge in [0.25, 0.3) is 0 Å². The Morgan fingerprint density at radius 2 is 2.00 bits per heavy atom. The third-order valence-electron chi connectivity index (χ3n) is 1.85. The molecule has 1 rings (SSSR count). The molecule has 0 aliphatic rings. The molecule has 0 aliphatic carbocycles. The molecular formula is C10H12F3N3O2. The molecule has 5 nitrogen and oxygen atoms in total. The van der Waals surface area contributed by atoms with E-state index in [1.54, 1.807) is 29.7 Å². The summed E-state index contributed by atoms with van der Waals surface area (Å²) in [6.45, 7) is -1.31. The van der Waals surface area contributed by atoms with E-state index in [2.05, 4.69) is 5.32 Å². The largest absolute Gasteiger partial charge is 0.495 e. The van der Waals surface area contributed by atoms with Crippen molar-refractivity contribution in [3.63, 3.8) is 0 Å². The van der Waals surface area contributed by atoms with Crippen LogP contribution in [0.2, 0.25) is 0 Å². The fourth-order valence-electron chi connectivity index (χ4n) is 1.13. The van der Waals surface area contributed by atoms with Crippen molar-refractivity contribution >= 4 is 11.7 Å². The maximum atomic E-state index is 11.8. The maximum absolute atomic E-state index is 11.8.